The minimum Gasteiger partial charge on any atom is -0.508 e. The van der Waals surface area contributed by atoms with E-state index in [1.807, 2.05) is 0 Å². The quantitative estimate of drug-likeness (QED) is 0.0164. The summed E-state index contributed by atoms with van der Waals surface area (Å²) in [6.45, 7) is 3.47. The summed E-state index contributed by atoms with van der Waals surface area (Å²) in [4.78, 5) is 261. The van der Waals surface area contributed by atoms with Crippen LogP contribution in [0.2, 0.25) is 0 Å². The van der Waals surface area contributed by atoms with E-state index in [1.54, 1.807) is 20.1 Å². The van der Waals surface area contributed by atoms with Crippen molar-refractivity contribution in [3.8, 4) is 5.75 Å². The number of carbonyl (C=O) groups is 20. The Balaban J connectivity index is 3.53. The number of guanidine groups is 1. The van der Waals surface area contributed by atoms with Crippen molar-refractivity contribution in [2.75, 3.05) is 31.6 Å². The lowest BCUT2D eigenvalue weighted by Gasteiger charge is -2.28. The summed E-state index contributed by atoms with van der Waals surface area (Å²) in [6, 6.07) is -14.6. The normalized spacial score (nSPS) is 14.1. The summed E-state index contributed by atoms with van der Waals surface area (Å²) in [5.41, 5.74) is 27.3. The number of nitrogens with one attached hydrogen (secondary N) is 15. The lowest BCUT2D eigenvalue weighted by Crippen LogP contribution is -2.60. The number of hydrogen-bond acceptors (Lipinski definition) is 24. The van der Waals surface area contributed by atoms with E-state index in [1.165, 1.54) is 43.0 Å². The van der Waals surface area contributed by atoms with Crippen molar-refractivity contribution in [1.82, 2.24) is 74.4 Å². The number of hydrogen-bond donors (Lipinski definition) is 25. The largest absolute Gasteiger partial charge is 0.508 e. The lowest BCUT2D eigenvalue weighted by molar-refractivity contribution is -0.142. The molecule has 0 bridgehead atoms. The molecule has 0 aromatic heterocycles. The van der Waals surface area contributed by atoms with Crippen LogP contribution < -0.4 is 103 Å². The second-order valence-electron chi connectivity index (χ2n) is 25.8. The third-order valence-electron chi connectivity index (χ3n) is 15.8. The van der Waals surface area contributed by atoms with Crippen LogP contribution >= 0.6 is 11.8 Å². The third kappa shape index (κ3) is 41.2. The fraction of sp³-hybridized carbons (Fsp3) is 0.585. The number of primary amides is 3. The number of aromatic hydroxyl groups is 1. The Morgan fingerprint density at radius 2 is 0.766 bits per heavy atom. The molecule has 0 radical (unpaired) electrons. The predicted octanol–water partition coefficient (Wildman–Crippen LogP) is -8.99. The maximum absolute atomic E-state index is 14.3. The Morgan fingerprint density at radius 3 is 1.17 bits per heavy atom. The highest BCUT2D eigenvalue weighted by Crippen LogP contribution is 2.15. The Morgan fingerprint density at radius 1 is 0.405 bits per heavy atom. The molecule has 111 heavy (non-hydrogen) atoms. The third-order valence-corrected chi connectivity index (χ3v) is 16.4. The molecule has 1 rings (SSSR count). The van der Waals surface area contributed by atoms with Crippen molar-refractivity contribution in [2.45, 2.75) is 203 Å². The van der Waals surface area contributed by atoms with Crippen molar-refractivity contribution in [2.24, 2.45) is 34.6 Å². The van der Waals surface area contributed by atoms with Crippen molar-refractivity contribution >= 4 is 136 Å². The Kier molecular flexibility index (Phi) is 44.2. The molecule has 0 unspecified atom stereocenters. The highest BCUT2D eigenvalue weighted by Gasteiger charge is 2.37. The fourth-order valence-corrected chi connectivity index (χ4v) is 10.4. The van der Waals surface area contributed by atoms with Crippen molar-refractivity contribution in [3.63, 3.8) is 0 Å². The molecule has 0 aliphatic heterocycles. The smallest absolute Gasteiger partial charge is 0.326 e. The van der Waals surface area contributed by atoms with Gasteiger partial charge in [0.05, 0.1) is 25.6 Å². The van der Waals surface area contributed by atoms with E-state index in [4.69, 9.17) is 39.2 Å². The van der Waals surface area contributed by atoms with Crippen LogP contribution in [0, 0.1) is 11.3 Å². The van der Waals surface area contributed by atoms with Crippen LogP contribution in [0.1, 0.15) is 130 Å². The Labute approximate surface area is 639 Å². The van der Waals surface area contributed by atoms with Gasteiger partial charge in [0.15, 0.2) is 5.96 Å². The van der Waals surface area contributed by atoms with Gasteiger partial charge < -0.3 is 129 Å². The average molecular weight is 1600 g/mol. The molecule has 16 amide bonds. The van der Waals surface area contributed by atoms with E-state index in [0.717, 1.165) is 6.92 Å². The van der Waals surface area contributed by atoms with E-state index in [2.05, 4.69) is 74.4 Å². The van der Waals surface area contributed by atoms with E-state index < -0.39 is 293 Å². The summed E-state index contributed by atoms with van der Waals surface area (Å²) >= 11 is 1.28. The molecule has 12 atom stereocenters. The SMILES string of the molecule is CSCC[C@H](NC(=O)[C@H](CCC(N)=O)NC(=O)[C@H](Cc1ccc(O)cc1)NC(=O)[C@H](CCC(N)=O)NC(=O)CNC(=O)[C@H](CC(=O)O)NC(=O)[C@H](C)NC(=O)[C@H](CCC(N)=O)NC(=O)[C@H](CCCNC(=N)N)NC(=O)[C@H](CC(C)C)NC(=O)[C@H](CCC(=O)O)NC(=O)CNC(=O)[C@H](CCC(=O)O)NC(=O)[C@H](C)N)C(=O)O. The number of nitrogens with two attached hydrogens (primary N) is 5. The van der Waals surface area contributed by atoms with Crippen LogP contribution in [0.4, 0.5) is 0 Å². The zero-order valence-electron chi connectivity index (χ0n) is 61.7. The molecule has 0 aliphatic carbocycles. The number of thioether (sulfide) groups is 1. The number of carboxylic acid groups (broad SMARTS) is 4. The van der Waals surface area contributed by atoms with Gasteiger partial charge in [0.25, 0.3) is 0 Å². The van der Waals surface area contributed by atoms with E-state index in [0.29, 0.717) is 5.75 Å². The van der Waals surface area contributed by atoms with Crippen LogP contribution in [0.5, 0.6) is 5.75 Å². The molecule has 30 N–H and O–H groups in total. The van der Waals surface area contributed by atoms with Crippen LogP contribution in [-0.4, -0.2) is 254 Å². The first kappa shape index (κ1) is 97.0. The highest BCUT2D eigenvalue weighted by atomic mass is 32.2. The zero-order valence-corrected chi connectivity index (χ0v) is 62.5. The molecule has 618 valence electrons. The molecule has 0 saturated carbocycles. The van der Waals surface area contributed by atoms with Crippen LogP contribution in [0.25, 0.3) is 0 Å². The second-order valence-corrected chi connectivity index (χ2v) is 26.7. The molecule has 0 spiro atoms. The van der Waals surface area contributed by atoms with E-state index in [9.17, 15) is 116 Å². The molecule has 0 heterocycles. The van der Waals surface area contributed by atoms with Gasteiger partial charge in [-0.2, -0.15) is 11.8 Å². The zero-order chi connectivity index (χ0) is 84.4. The van der Waals surface area contributed by atoms with Gasteiger partial charge in [0.1, 0.15) is 72.2 Å². The number of carbonyl (C=O) groups excluding carboxylic acids is 16. The molecular weight excluding hydrogens is 1490 g/mol. The van der Waals surface area contributed by atoms with Gasteiger partial charge in [-0.3, -0.25) is 96.5 Å². The molecule has 0 aliphatic rings. The monoisotopic (exact) mass is 1590 g/mol. The number of phenols is 1. The minimum atomic E-state index is -2.05. The molecule has 0 fully saturated rings. The first-order valence-electron chi connectivity index (χ1n) is 34.6. The number of amides is 16. The first-order valence-corrected chi connectivity index (χ1v) is 36.0. The summed E-state index contributed by atoms with van der Waals surface area (Å²) in [5.74, 6) is -24.4. The van der Waals surface area contributed by atoms with Crippen LogP contribution in [-0.2, 0) is 102 Å². The number of rotatable bonds is 55. The Hall–Kier alpha value is -12.0. The molecule has 1 aromatic carbocycles. The maximum atomic E-state index is 14.3. The number of benzene rings is 1. The maximum Gasteiger partial charge on any atom is 0.326 e. The number of carboxylic acids is 4. The number of phenolic OH excluding ortho intramolecular Hbond substituents is 1. The van der Waals surface area contributed by atoms with Gasteiger partial charge in [-0.25, -0.2) is 4.79 Å². The molecule has 46 heteroatoms. The van der Waals surface area contributed by atoms with Gasteiger partial charge in [-0.1, -0.05) is 26.0 Å². The van der Waals surface area contributed by atoms with E-state index >= 15 is 0 Å². The van der Waals surface area contributed by atoms with Gasteiger partial charge in [-0.05, 0) is 107 Å². The second kappa shape index (κ2) is 50.6. The predicted molar refractivity (Wildman–Crippen MR) is 389 cm³/mol. The topological polar surface area (TPSA) is 765 Å². The average Bonchev–Trinajstić information content (AvgIpc) is 0.857. The minimum absolute atomic E-state index is 0.0448. The molecule has 1 aromatic rings. The van der Waals surface area contributed by atoms with Gasteiger partial charge in [-0.15, -0.1) is 0 Å². The van der Waals surface area contributed by atoms with Crippen molar-refractivity contribution in [3.05, 3.63) is 29.8 Å². The van der Waals surface area contributed by atoms with Crippen LogP contribution in [0.15, 0.2) is 24.3 Å². The molecule has 0 saturated heterocycles. The summed E-state index contributed by atoms with van der Waals surface area (Å²) < 4.78 is 0. The Bertz CT molecular complexity index is 3490. The van der Waals surface area contributed by atoms with Gasteiger partial charge in [0, 0.05) is 45.1 Å². The fourth-order valence-electron chi connectivity index (χ4n) is 9.88. The standard InChI is InChI=1S/C65H102N20O25S/c1-30(2)25-42(84-60(105)38(16-21-51(94)95)77-48(90)28-73-55(100)36(15-20-50(92)93)78-53(98)31(3)66)62(107)79-35(7-6-23-72-65(70)71)58(103)80-39(13-18-46(68)88)57(102)75-32(4)54(99)83-44(27-52(96)97)56(101)74-29-49(91)76-37(12-17-45(67)87)59(104)85-43(26-33-8-10-34(86)11-9-33)63(108)81-40(14-19-47(69)89)61(106)82-41(64(109)110)22-24-111-5/h8-11,30-32,35-44,86H,6-7,12-29,66H2,1-5H3,(H2,67,87)(H2,68,88)(H2,69,89)(H,73,100)(H,74,101)(H,75,102)(H,76,91)(H,77,90)(H,78,98)(H,79,107)(H,80,103)(H,81,108)(H,82,106)(H,83,99)(H,84,105)(H,85,104)(H,92,93)(H,94,95)(H,96,97)(H,109,110)(H4,70,71,72)/t31-,32-,35-,36-,37-,38-,39-,40-,41-,42-,43-,44-/m0/s1. The van der Waals surface area contributed by atoms with Gasteiger partial charge >= 0.3 is 23.9 Å². The van der Waals surface area contributed by atoms with Crippen molar-refractivity contribution < 1.29 is 121 Å². The lowest BCUT2D eigenvalue weighted by atomic mass is 10.0. The summed E-state index contributed by atoms with van der Waals surface area (Å²) in [6.07, 6.45) is -6.19. The summed E-state index contributed by atoms with van der Waals surface area (Å²) in [7, 11) is 0. The summed E-state index contributed by atoms with van der Waals surface area (Å²) in [5, 5.41) is 87.8. The van der Waals surface area contributed by atoms with Gasteiger partial charge in [0.2, 0.25) is 94.5 Å². The highest BCUT2D eigenvalue weighted by molar-refractivity contribution is 7.98. The first-order chi connectivity index (χ1) is 51.9. The van der Waals surface area contributed by atoms with Crippen molar-refractivity contribution in [1.29, 1.82) is 5.41 Å². The van der Waals surface area contributed by atoms with Crippen LogP contribution in [0.3, 0.4) is 0 Å². The van der Waals surface area contributed by atoms with E-state index in [-0.39, 0.29) is 43.5 Å². The number of aliphatic carboxylic acids is 4. The molecule has 45 nitrogen and oxygen atoms in total. The molecular formula is C65H102N20O25S.